The lowest BCUT2D eigenvalue weighted by atomic mass is 10.1. The molecule has 0 atom stereocenters. The van der Waals surface area contributed by atoms with Crippen molar-refractivity contribution in [1.82, 2.24) is 4.90 Å². The molecule has 4 aromatic rings. The van der Waals surface area contributed by atoms with Crippen molar-refractivity contribution in [1.29, 1.82) is 5.26 Å². The molecule has 0 fully saturated rings. The van der Waals surface area contributed by atoms with Gasteiger partial charge in [0.15, 0.2) is 5.76 Å². The van der Waals surface area contributed by atoms with Crippen molar-refractivity contribution in [3.8, 4) is 11.8 Å². The third kappa shape index (κ3) is 4.53. The van der Waals surface area contributed by atoms with E-state index in [0.29, 0.717) is 18.1 Å². The van der Waals surface area contributed by atoms with Gasteiger partial charge in [-0.15, -0.1) is 0 Å². The molecule has 6 heteroatoms. The number of carbonyl (C=O) groups excluding carboxylic acids is 1. The molecule has 2 aromatic carbocycles. The highest BCUT2D eigenvalue weighted by atomic mass is 16.5. The molecule has 0 aliphatic heterocycles. The Labute approximate surface area is 173 Å². The fourth-order valence-corrected chi connectivity index (χ4v) is 3.17. The van der Waals surface area contributed by atoms with Crippen LogP contribution in [0.5, 0.6) is 5.75 Å². The Balaban J connectivity index is 1.42. The summed E-state index contributed by atoms with van der Waals surface area (Å²) in [6, 6.07) is 22.9. The van der Waals surface area contributed by atoms with E-state index in [1.54, 1.807) is 30.5 Å². The van der Waals surface area contributed by atoms with Crippen LogP contribution < -0.4 is 4.74 Å². The molecular weight excluding hydrogens is 380 g/mol. The van der Waals surface area contributed by atoms with Gasteiger partial charge in [-0.25, -0.2) is 0 Å². The van der Waals surface area contributed by atoms with Crippen LogP contribution in [0.25, 0.3) is 10.8 Å². The highest BCUT2D eigenvalue weighted by molar-refractivity contribution is 5.91. The monoisotopic (exact) mass is 400 g/mol. The Morgan fingerprint density at radius 3 is 2.67 bits per heavy atom. The number of carbonyl (C=O) groups is 1. The second-order valence-corrected chi connectivity index (χ2v) is 6.78. The summed E-state index contributed by atoms with van der Waals surface area (Å²) in [4.78, 5) is 14.4. The van der Waals surface area contributed by atoms with E-state index >= 15 is 0 Å². The zero-order chi connectivity index (χ0) is 20.8. The number of ether oxygens (including phenoxy) is 1. The molecule has 0 radical (unpaired) electrons. The molecule has 0 aliphatic rings. The van der Waals surface area contributed by atoms with Gasteiger partial charge in [0, 0.05) is 6.54 Å². The van der Waals surface area contributed by atoms with Crippen LogP contribution in [-0.2, 0) is 13.2 Å². The average molecular weight is 400 g/mol. The molecule has 30 heavy (non-hydrogen) atoms. The SMILES string of the molecule is N#CCCN(Cc1ccco1)C(=O)c1ccc(COc2ccc3ccccc3c2)o1. The number of nitrogens with zero attached hydrogens (tertiary/aromatic N) is 2. The van der Waals surface area contributed by atoms with Gasteiger partial charge >= 0.3 is 0 Å². The Morgan fingerprint density at radius 2 is 1.87 bits per heavy atom. The van der Waals surface area contributed by atoms with E-state index in [2.05, 4.69) is 6.07 Å². The maximum atomic E-state index is 12.9. The van der Waals surface area contributed by atoms with Crippen LogP contribution in [0.4, 0.5) is 0 Å². The van der Waals surface area contributed by atoms with Crippen molar-refractivity contribution >= 4 is 16.7 Å². The van der Waals surface area contributed by atoms with E-state index in [1.807, 2.05) is 42.5 Å². The smallest absolute Gasteiger partial charge is 0.290 e. The van der Waals surface area contributed by atoms with Crippen molar-refractivity contribution in [3.05, 3.63) is 90.3 Å². The number of amides is 1. The molecule has 0 bridgehead atoms. The summed E-state index contributed by atoms with van der Waals surface area (Å²) < 4.78 is 16.9. The summed E-state index contributed by atoms with van der Waals surface area (Å²) in [5, 5.41) is 11.1. The molecule has 0 spiro atoms. The molecule has 2 aromatic heterocycles. The largest absolute Gasteiger partial charge is 0.486 e. The number of rotatable bonds is 8. The van der Waals surface area contributed by atoms with E-state index in [1.165, 1.54) is 4.90 Å². The van der Waals surface area contributed by atoms with Gasteiger partial charge in [0.2, 0.25) is 0 Å². The number of furan rings is 2. The number of hydrogen-bond acceptors (Lipinski definition) is 5. The molecule has 150 valence electrons. The van der Waals surface area contributed by atoms with Gasteiger partial charge < -0.3 is 18.5 Å². The topological polar surface area (TPSA) is 79.6 Å². The number of fused-ring (bicyclic) bond motifs is 1. The van der Waals surface area contributed by atoms with Gasteiger partial charge in [-0.1, -0.05) is 30.3 Å². The van der Waals surface area contributed by atoms with Gasteiger partial charge in [-0.3, -0.25) is 4.79 Å². The van der Waals surface area contributed by atoms with Crippen LogP contribution in [0, 0.1) is 11.3 Å². The molecule has 6 nitrogen and oxygen atoms in total. The quantitative estimate of drug-likeness (QED) is 0.408. The van der Waals surface area contributed by atoms with Crippen LogP contribution in [0.2, 0.25) is 0 Å². The first-order valence-corrected chi connectivity index (χ1v) is 9.62. The highest BCUT2D eigenvalue weighted by Gasteiger charge is 2.20. The highest BCUT2D eigenvalue weighted by Crippen LogP contribution is 2.22. The average Bonchev–Trinajstić information content (AvgIpc) is 3.46. The normalized spacial score (nSPS) is 10.6. The first kappa shape index (κ1) is 19.3. The summed E-state index contributed by atoms with van der Waals surface area (Å²) >= 11 is 0. The summed E-state index contributed by atoms with van der Waals surface area (Å²) in [6.07, 6.45) is 1.78. The summed E-state index contributed by atoms with van der Waals surface area (Å²) in [6.45, 7) is 0.777. The van der Waals surface area contributed by atoms with Gasteiger partial charge in [0.1, 0.15) is 23.9 Å². The first-order chi connectivity index (χ1) is 14.7. The molecule has 1 amide bonds. The Bertz CT molecular complexity index is 1170. The van der Waals surface area contributed by atoms with Crippen LogP contribution >= 0.6 is 0 Å². The predicted molar refractivity (Wildman–Crippen MR) is 111 cm³/mol. The Kier molecular flexibility index (Phi) is 5.81. The minimum atomic E-state index is -0.293. The second-order valence-electron chi connectivity index (χ2n) is 6.78. The van der Waals surface area contributed by atoms with Crippen LogP contribution in [0.3, 0.4) is 0 Å². The van der Waals surface area contributed by atoms with E-state index in [-0.39, 0.29) is 31.2 Å². The van der Waals surface area contributed by atoms with Gasteiger partial charge in [0.05, 0.1) is 25.3 Å². The summed E-state index contributed by atoms with van der Waals surface area (Å²) in [7, 11) is 0. The zero-order valence-electron chi connectivity index (χ0n) is 16.3. The maximum Gasteiger partial charge on any atom is 0.290 e. The van der Waals surface area contributed by atoms with E-state index in [0.717, 1.165) is 16.5 Å². The molecular formula is C24H20N2O4. The summed E-state index contributed by atoms with van der Waals surface area (Å²) in [5.74, 6) is 1.83. The van der Waals surface area contributed by atoms with Crippen LogP contribution in [-0.4, -0.2) is 17.4 Å². The molecule has 0 unspecified atom stereocenters. The van der Waals surface area contributed by atoms with Crippen molar-refractivity contribution < 1.29 is 18.4 Å². The van der Waals surface area contributed by atoms with Gasteiger partial charge in [0.25, 0.3) is 5.91 Å². The van der Waals surface area contributed by atoms with Gasteiger partial charge in [-0.05, 0) is 47.2 Å². The third-order valence-electron chi connectivity index (χ3n) is 4.68. The lowest BCUT2D eigenvalue weighted by Gasteiger charge is -2.19. The van der Waals surface area contributed by atoms with Gasteiger partial charge in [-0.2, -0.15) is 5.26 Å². The fourth-order valence-electron chi connectivity index (χ4n) is 3.17. The maximum absolute atomic E-state index is 12.9. The molecule has 0 aliphatic carbocycles. The standard InChI is InChI=1S/C24H20N2O4/c25-12-4-13-26(16-21-7-3-14-28-21)24(27)23-11-10-22(30-23)17-29-20-9-8-18-5-1-2-6-19(18)15-20/h1-3,5-11,14-15H,4,13,16-17H2. The molecule has 0 N–H and O–H groups in total. The van der Waals surface area contributed by atoms with Crippen LogP contribution in [0.15, 0.2) is 81.8 Å². The lowest BCUT2D eigenvalue weighted by molar-refractivity contribution is 0.0699. The predicted octanol–water partition coefficient (Wildman–Crippen LogP) is 5.16. The van der Waals surface area contributed by atoms with E-state index in [4.69, 9.17) is 18.8 Å². The number of nitriles is 1. The van der Waals surface area contributed by atoms with Crippen molar-refractivity contribution in [3.63, 3.8) is 0 Å². The van der Waals surface area contributed by atoms with Crippen molar-refractivity contribution in [2.45, 2.75) is 19.6 Å². The molecule has 2 heterocycles. The van der Waals surface area contributed by atoms with Crippen molar-refractivity contribution in [2.24, 2.45) is 0 Å². The van der Waals surface area contributed by atoms with Crippen molar-refractivity contribution in [2.75, 3.05) is 6.54 Å². The minimum absolute atomic E-state index is 0.205. The van der Waals surface area contributed by atoms with E-state index in [9.17, 15) is 4.79 Å². The van der Waals surface area contributed by atoms with E-state index < -0.39 is 0 Å². The number of hydrogen-bond donors (Lipinski definition) is 0. The second kappa shape index (κ2) is 9.01. The molecule has 4 rings (SSSR count). The molecule has 0 saturated carbocycles. The lowest BCUT2D eigenvalue weighted by Crippen LogP contribution is -2.31. The molecule has 0 saturated heterocycles. The summed E-state index contributed by atoms with van der Waals surface area (Å²) in [5.41, 5.74) is 0. The fraction of sp³-hybridized carbons (Fsp3) is 0.167. The van der Waals surface area contributed by atoms with Crippen LogP contribution in [0.1, 0.15) is 28.5 Å². The third-order valence-corrected chi connectivity index (χ3v) is 4.68. The zero-order valence-corrected chi connectivity index (χ0v) is 16.3. The minimum Gasteiger partial charge on any atom is -0.486 e. The Morgan fingerprint density at radius 1 is 1.00 bits per heavy atom. The Hall–Kier alpha value is -3.98. The number of benzene rings is 2. The first-order valence-electron chi connectivity index (χ1n) is 9.62.